The predicted molar refractivity (Wildman–Crippen MR) is 92.5 cm³/mol. The second-order valence-electron chi connectivity index (χ2n) is 6.03. The highest BCUT2D eigenvalue weighted by atomic mass is 32.2. The molecule has 20 heavy (non-hydrogen) atoms. The molecule has 0 nitrogen and oxygen atoms in total. The number of hydrogen-bond acceptors (Lipinski definition) is 2. The first-order valence-electron chi connectivity index (χ1n) is 6.89. The van der Waals surface area contributed by atoms with Gasteiger partial charge in [-0.05, 0) is 36.6 Å². The van der Waals surface area contributed by atoms with Crippen LogP contribution in [0.3, 0.4) is 0 Å². The van der Waals surface area contributed by atoms with Gasteiger partial charge in [0.05, 0.1) is 4.08 Å². The van der Waals surface area contributed by atoms with Crippen molar-refractivity contribution in [3.63, 3.8) is 0 Å². The Kier molecular flexibility index (Phi) is 4.87. The highest BCUT2D eigenvalue weighted by molar-refractivity contribution is 8.18. The van der Waals surface area contributed by atoms with Crippen LogP contribution < -0.4 is 0 Å². The van der Waals surface area contributed by atoms with Gasteiger partial charge in [0.1, 0.15) is 0 Å². The van der Waals surface area contributed by atoms with E-state index in [9.17, 15) is 0 Å². The fraction of sp³-hybridized carbons (Fsp3) is 0.333. The third-order valence-electron chi connectivity index (χ3n) is 3.47. The summed E-state index contributed by atoms with van der Waals surface area (Å²) < 4.78 is 0.0791. The number of rotatable bonds is 4. The molecule has 0 atom stereocenters. The molecule has 0 radical (unpaired) electrons. The third-order valence-corrected chi connectivity index (χ3v) is 6.99. The van der Waals surface area contributed by atoms with Crippen LogP contribution in [-0.2, 0) is 0 Å². The summed E-state index contributed by atoms with van der Waals surface area (Å²) in [7, 11) is 0. The molecule has 0 N–H and O–H groups in total. The zero-order chi connectivity index (χ0) is 14.6. The third kappa shape index (κ3) is 3.83. The van der Waals surface area contributed by atoms with E-state index in [1.54, 1.807) is 0 Å². The maximum absolute atomic E-state index is 2.35. The minimum atomic E-state index is 0.0791. The van der Waals surface area contributed by atoms with Gasteiger partial charge in [-0.25, -0.2) is 0 Å². The molecule has 2 aromatic carbocycles. The summed E-state index contributed by atoms with van der Waals surface area (Å²) >= 11 is 3.91. The van der Waals surface area contributed by atoms with Crippen LogP contribution >= 0.6 is 23.5 Å². The highest BCUT2D eigenvalue weighted by Gasteiger charge is 2.39. The smallest absolute Gasteiger partial charge is 0.0725 e. The Morgan fingerprint density at radius 2 is 0.950 bits per heavy atom. The van der Waals surface area contributed by atoms with E-state index in [1.165, 1.54) is 9.79 Å². The molecular weight excluding hydrogens is 280 g/mol. The fourth-order valence-corrected chi connectivity index (χ4v) is 4.60. The normalized spacial score (nSPS) is 12.4. The lowest BCUT2D eigenvalue weighted by atomic mass is 9.92. The van der Waals surface area contributed by atoms with E-state index in [0.29, 0.717) is 0 Å². The first kappa shape index (κ1) is 15.5. The Balaban J connectivity index is 2.27. The maximum Gasteiger partial charge on any atom is 0.0725 e. The highest BCUT2D eigenvalue weighted by Crippen LogP contribution is 2.55. The summed E-state index contributed by atoms with van der Waals surface area (Å²) in [5.74, 6) is 0. The largest absolute Gasteiger partial charge is 0.108 e. The quantitative estimate of drug-likeness (QED) is 0.478. The molecule has 0 heterocycles. The molecule has 0 saturated carbocycles. The van der Waals surface area contributed by atoms with Crippen LogP contribution in [-0.4, -0.2) is 4.08 Å². The molecule has 2 aromatic rings. The van der Waals surface area contributed by atoms with Gasteiger partial charge >= 0.3 is 0 Å². The van der Waals surface area contributed by atoms with Crippen LogP contribution in [0.1, 0.15) is 27.7 Å². The molecule has 0 spiro atoms. The Hall–Kier alpha value is -0.860. The molecular formula is C18H22S2. The van der Waals surface area contributed by atoms with Crippen LogP contribution in [0.25, 0.3) is 0 Å². The molecule has 0 saturated heterocycles. The van der Waals surface area contributed by atoms with Crippen molar-refractivity contribution in [2.45, 2.75) is 41.6 Å². The predicted octanol–water partition coefficient (Wildman–Crippen LogP) is 6.33. The van der Waals surface area contributed by atoms with E-state index in [0.717, 1.165) is 0 Å². The molecule has 0 bridgehead atoms. The molecule has 0 fully saturated rings. The lowest BCUT2D eigenvalue weighted by molar-refractivity contribution is 0.384. The van der Waals surface area contributed by atoms with Gasteiger partial charge in [0, 0.05) is 9.79 Å². The van der Waals surface area contributed by atoms with Crippen LogP contribution in [0.4, 0.5) is 0 Å². The van der Waals surface area contributed by atoms with Crippen LogP contribution in [0, 0.1) is 5.41 Å². The average Bonchev–Trinajstić information content (AvgIpc) is 2.39. The summed E-state index contributed by atoms with van der Waals surface area (Å²) in [6.07, 6.45) is 0. The molecule has 0 aromatic heterocycles. The van der Waals surface area contributed by atoms with Crippen LogP contribution in [0.15, 0.2) is 70.5 Å². The zero-order valence-corrected chi connectivity index (χ0v) is 14.2. The van der Waals surface area contributed by atoms with Gasteiger partial charge in [-0.3, -0.25) is 0 Å². The average molecular weight is 303 g/mol. The van der Waals surface area contributed by atoms with Crippen LogP contribution in [0.5, 0.6) is 0 Å². The van der Waals surface area contributed by atoms with Crippen molar-refractivity contribution in [3.05, 3.63) is 60.7 Å². The minimum Gasteiger partial charge on any atom is -0.108 e. The molecule has 2 rings (SSSR count). The lowest BCUT2D eigenvalue weighted by Crippen LogP contribution is -2.33. The summed E-state index contributed by atoms with van der Waals surface area (Å²) in [6.45, 7) is 9.30. The van der Waals surface area contributed by atoms with Crippen molar-refractivity contribution >= 4 is 23.5 Å². The molecule has 106 valence electrons. The lowest BCUT2D eigenvalue weighted by Gasteiger charge is -2.40. The Labute approximate surface area is 131 Å². The van der Waals surface area contributed by atoms with Gasteiger partial charge in [-0.1, -0.05) is 57.2 Å². The Bertz CT molecular complexity index is 485. The summed E-state index contributed by atoms with van der Waals surface area (Å²) in [5.41, 5.74) is 0.189. The second kappa shape index (κ2) is 6.28. The molecule has 0 unspecified atom stereocenters. The topological polar surface area (TPSA) is 0 Å². The minimum absolute atomic E-state index is 0.0791. The molecule has 0 amide bonds. The van der Waals surface area contributed by atoms with Gasteiger partial charge in [0.15, 0.2) is 0 Å². The van der Waals surface area contributed by atoms with Crippen molar-refractivity contribution in [3.8, 4) is 0 Å². The number of thioether (sulfide) groups is 2. The van der Waals surface area contributed by atoms with Gasteiger partial charge in [-0.2, -0.15) is 0 Å². The summed E-state index contributed by atoms with van der Waals surface area (Å²) in [6, 6.07) is 21.4. The Morgan fingerprint density at radius 3 is 1.25 bits per heavy atom. The maximum atomic E-state index is 2.35. The van der Waals surface area contributed by atoms with E-state index in [4.69, 9.17) is 0 Å². The van der Waals surface area contributed by atoms with Crippen molar-refractivity contribution < 1.29 is 0 Å². The Morgan fingerprint density at radius 1 is 0.600 bits per heavy atom. The van der Waals surface area contributed by atoms with Gasteiger partial charge < -0.3 is 0 Å². The molecule has 0 aliphatic rings. The first-order chi connectivity index (χ1) is 9.41. The van der Waals surface area contributed by atoms with Crippen LogP contribution in [0.2, 0.25) is 0 Å². The molecule has 0 aliphatic carbocycles. The second-order valence-corrected chi connectivity index (χ2v) is 9.27. The van der Waals surface area contributed by atoms with E-state index in [1.807, 2.05) is 23.5 Å². The van der Waals surface area contributed by atoms with Gasteiger partial charge in [-0.15, -0.1) is 23.5 Å². The fourth-order valence-electron chi connectivity index (χ4n) is 1.75. The number of hydrogen-bond donors (Lipinski definition) is 0. The monoisotopic (exact) mass is 302 g/mol. The molecule has 0 aliphatic heterocycles. The van der Waals surface area contributed by atoms with E-state index < -0.39 is 0 Å². The van der Waals surface area contributed by atoms with Gasteiger partial charge in [0.25, 0.3) is 0 Å². The van der Waals surface area contributed by atoms with Gasteiger partial charge in [0.2, 0.25) is 0 Å². The standard InChI is InChI=1S/C18H22S2/c1-17(2,3)18(4,19-15-11-7-5-8-12-15)20-16-13-9-6-10-14-16/h5-14H,1-4H3. The first-order valence-corrected chi connectivity index (χ1v) is 8.52. The van der Waals surface area contributed by atoms with E-state index in [2.05, 4.69) is 88.4 Å². The van der Waals surface area contributed by atoms with E-state index >= 15 is 0 Å². The number of benzene rings is 2. The zero-order valence-electron chi connectivity index (χ0n) is 12.6. The van der Waals surface area contributed by atoms with Crippen molar-refractivity contribution in [2.75, 3.05) is 0 Å². The van der Waals surface area contributed by atoms with E-state index in [-0.39, 0.29) is 9.49 Å². The van der Waals surface area contributed by atoms with Crippen molar-refractivity contribution in [1.82, 2.24) is 0 Å². The van der Waals surface area contributed by atoms with Crippen molar-refractivity contribution in [1.29, 1.82) is 0 Å². The summed E-state index contributed by atoms with van der Waals surface area (Å²) in [5, 5.41) is 0. The molecule has 2 heteroatoms. The van der Waals surface area contributed by atoms with Crippen molar-refractivity contribution in [2.24, 2.45) is 5.41 Å². The summed E-state index contributed by atoms with van der Waals surface area (Å²) in [4.78, 5) is 2.65. The SMILES string of the molecule is CC(C)(C)C(C)(Sc1ccccc1)Sc1ccccc1.